The van der Waals surface area contributed by atoms with Crippen LogP contribution in [0.15, 0.2) is 24.4 Å². The second-order valence-electron chi connectivity index (χ2n) is 1.82. The first-order valence-corrected chi connectivity index (χ1v) is 2.74. The summed E-state index contributed by atoms with van der Waals surface area (Å²) >= 11 is 0. The molecular weight excluding hydrogens is 121 g/mol. The topological polar surface area (TPSA) is 23.5 Å². The van der Waals surface area contributed by atoms with Gasteiger partial charge >= 0.3 is 0 Å². The Labute approximate surface area is 52.8 Å². The Morgan fingerprint density at radius 3 is 2.78 bits per heavy atom. The second kappa shape index (κ2) is 2.64. The number of halogens is 1. The fourth-order valence-corrected chi connectivity index (χ4v) is 0.656. The van der Waals surface area contributed by atoms with Gasteiger partial charge in [0, 0.05) is 6.20 Å². The van der Waals surface area contributed by atoms with Crippen LogP contribution in [0.3, 0.4) is 0 Å². The maximum Gasteiger partial charge on any atom is 0.102 e. The van der Waals surface area contributed by atoms with Crippen LogP contribution in [-0.2, 0) is 0 Å². The van der Waals surface area contributed by atoms with Crippen molar-refractivity contribution in [3.63, 3.8) is 0 Å². The van der Waals surface area contributed by atoms with Crippen molar-refractivity contribution in [2.75, 3.05) is 6.61 Å². The highest BCUT2D eigenvalue weighted by Gasteiger charge is 2.10. The minimum atomic E-state index is -0.491. The van der Waals surface area contributed by atoms with E-state index in [1.165, 1.54) is 6.20 Å². The molecule has 1 rings (SSSR count). The van der Waals surface area contributed by atoms with E-state index in [9.17, 15) is 4.48 Å². The summed E-state index contributed by atoms with van der Waals surface area (Å²) in [6.45, 7) is -0.183. The van der Waals surface area contributed by atoms with Gasteiger partial charge in [-0.1, -0.05) is 16.6 Å². The van der Waals surface area contributed by atoms with E-state index in [1.807, 2.05) is 0 Å². The van der Waals surface area contributed by atoms with E-state index in [4.69, 9.17) is 5.11 Å². The summed E-state index contributed by atoms with van der Waals surface area (Å²) in [5.41, 5.74) is 0. The van der Waals surface area contributed by atoms with Gasteiger partial charge in [-0.05, 0) is 6.08 Å². The molecule has 1 aliphatic heterocycles. The van der Waals surface area contributed by atoms with Crippen molar-refractivity contribution in [1.29, 1.82) is 0 Å². The number of allylic oxidation sites excluding steroid dienone is 2. The molecule has 0 aromatic carbocycles. The highest BCUT2D eigenvalue weighted by atomic mass is 19.2. The molecular formula is C6H8FNO. The molecule has 0 bridgehead atoms. The fraction of sp³-hybridized carbons (Fsp3) is 0.333. The van der Waals surface area contributed by atoms with E-state index < -0.39 is 6.04 Å². The van der Waals surface area contributed by atoms with Crippen LogP contribution in [0.25, 0.3) is 0 Å². The van der Waals surface area contributed by atoms with Gasteiger partial charge in [-0.3, -0.25) is 0 Å². The first-order valence-electron chi connectivity index (χ1n) is 2.74. The van der Waals surface area contributed by atoms with Crippen molar-refractivity contribution in [2.24, 2.45) is 0 Å². The van der Waals surface area contributed by atoms with E-state index in [2.05, 4.69) is 0 Å². The minimum Gasteiger partial charge on any atom is -0.394 e. The van der Waals surface area contributed by atoms with E-state index in [0.717, 1.165) is 0 Å². The largest absolute Gasteiger partial charge is 0.394 e. The van der Waals surface area contributed by atoms with Gasteiger partial charge in [-0.15, -0.1) is 0 Å². The van der Waals surface area contributed by atoms with Crippen molar-refractivity contribution in [3.05, 3.63) is 24.4 Å². The Morgan fingerprint density at radius 1 is 1.56 bits per heavy atom. The maximum atomic E-state index is 12.4. The molecule has 1 heterocycles. The number of aliphatic hydroxyl groups is 1. The number of aliphatic hydroxyl groups excluding tert-OH is 1. The zero-order chi connectivity index (χ0) is 6.69. The minimum absolute atomic E-state index is 0.183. The Hall–Kier alpha value is -0.830. The molecule has 0 saturated heterocycles. The van der Waals surface area contributed by atoms with Crippen molar-refractivity contribution < 1.29 is 9.59 Å². The van der Waals surface area contributed by atoms with Crippen LogP contribution in [0.5, 0.6) is 0 Å². The van der Waals surface area contributed by atoms with Crippen LogP contribution in [0.2, 0.25) is 0 Å². The summed E-state index contributed by atoms with van der Waals surface area (Å²) in [5, 5.41) is 8.97. The van der Waals surface area contributed by atoms with Gasteiger partial charge in [0.05, 0.1) is 6.61 Å². The van der Waals surface area contributed by atoms with Gasteiger partial charge in [0.2, 0.25) is 0 Å². The Bertz CT molecular complexity index is 144. The van der Waals surface area contributed by atoms with Gasteiger partial charge < -0.3 is 5.11 Å². The van der Waals surface area contributed by atoms with Gasteiger partial charge in [0.15, 0.2) is 0 Å². The summed E-state index contributed by atoms with van der Waals surface area (Å²) < 4.78 is 12.4. The van der Waals surface area contributed by atoms with Gasteiger partial charge in [0.1, 0.15) is 6.04 Å². The number of hydrogen-bond donors (Lipinski definition) is 1. The average Bonchev–Trinajstić information content (AvgIpc) is 1.89. The molecule has 1 N–H and O–H groups in total. The quantitative estimate of drug-likeness (QED) is 0.524. The Kier molecular flexibility index (Phi) is 1.85. The molecule has 0 aromatic heterocycles. The highest BCUT2D eigenvalue weighted by molar-refractivity contribution is 5.11. The molecule has 1 aliphatic rings. The standard InChI is InChI=1S/C6H8FNO/c7-8-4-2-1-3-6(8)5-9/h1-4,6,9H,5H2. The maximum absolute atomic E-state index is 12.4. The molecule has 0 saturated carbocycles. The lowest BCUT2D eigenvalue weighted by molar-refractivity contribution is 0.0286. The third-order valence-electron chi connectivity index (χ3n) is 1.18. The van der Waals surface area contributed by atoms with Gasteiger partial charge in [-0.2, -0.15) is 0 Å². The Balaban J connectivity index is 2.55. The van der Waals surface area contributed by atoms with E-state index in [1.54, 1.807) is 18.2 Å². The molecule has 0 fully saturated rings. The number of hydrogen-bond acceptors (Lipinski definition) is 2. The van der Waals surface area contributed by atoms with Crippen LogP contribution in [0, 0.1) is 0 Å². The van der Waals surface area contributed by atoms with Gasteiger partial charge in [0.25, 0.3) is 0 Å². The molecule has 9 heavy (non-hydrogen) atoms. The predicted octanol–water partition coefficient (Wildman–Crippen LogP) is 0.617. The molecule has 50 valence electrons. The lowest BCUT2D eigenvalue weighted by atomic mass is 10.2. The smallest absolute Gasteiger partial charge is 0.102 e. The first-order chi connectivity index (χ1) is 4.34. The van der Waals surface area contributed by atoms with E-state index in [0.29, 0.717) is 5.12 Å². The predicted molar refractivity (Wildman–Crippen MR) is 32.1 cm³/mol. The summed E-state index contributed by atoms with van der Waals surface area (Å²) in [6.07, 6.45) is 6.16. The number of rotatable bonds is 1. The fourth-order valence-electron chi connectivity index (χ4n) is 0.656. The summed E-state index contributed by atoms with van der Waals surface area (Å²) in [4.78, 5) is 0. The normalized spacial score (nSPS) is 25.1. The van der Waals surface area contributed by atoms with Crippen LogP contribution >= 0.6 is 0 Å². The van der Waals surface area contributed by atoms with Crippen LogP contribution in [-0.4, -0.2) is 22.9 Å². The monoisotopic (exact) mass is 129 g/mol. The second-order valence-corrected chi connectivity index (χ2v) is 1.82. The third kappa shape index (κ3) is 1.29. The zero-order valence-corrected chi connectivity index (χ0v) is 4.87. The molecule has 2 nitrogen and oxygen atoms in total. The highest BCUT2D eigenvalue weighted by Crippen LogP contribution is 2.06. The third-order valence-corrected chi connectivity index (χ3v) is 1.18. The molecule has 0 radical (unpaired) electrons. The SMILES string of the molecule is OCC1C=CC=CN1F. The molecule has 1 atom stereocenters. The molecule has 1 unspecified atom stereocenters. The van der Waals surface area contributed by atoms with Crippen molar-refractivity contribution in [2.45, 2.75) is 6.04 Å². The van der Waals surface area contributed by atoms with Crippen molar-refractivity contribution in [1.82, 2.24) is 5.12 Å². The Morgan fingerprint density at radius 2 is 2.33 bits per heavy atom. The van der Waals surface area contributed by atoms with Crippen LogP contribution in [0.4, 0.5) is 4.48 Å². The van der Waals surface area contributed by atoms with E-state index >= 15 is 0 Å². The average molecular weight is 129 g/mol. The van der Waals surface area contributed by atoms with Crippen LogP contribution < -0.4 is 0 Å². The lowest BCUT2D eigenvalue weighted by Gasteiger charge is -2.18. The molecule has 0 amide bonds. The molecule has 0 spiro atoms. The zero-order valence-electron chi connectivity index (χ0n) is 4.87. The number of nitrogens with zero attached hydrogens (tertiary/aromatic N) is 1. The van der Waals surface area contributed by atoms with Crippen molar-refractivity contribution in [3.8, 4) is 0 Å². The van der Waals surface area contributed by atoms with Crippen LogP contribution in [0.1, 0.15) is 0 Å². The van der Waals surface area contributed by atoms with E-state index in [-0.39, 0.29) is 6.61 Å². The lowest BCUT2D eigenvalue weighted by Crippen LogP contribution is -2.26. The summed E-state index contributed by atoms with van der Waals surface area (Å²) in [7, 11) is 0. The first kappa shape index (κ1) is 6.29. The van der Waals surface area contributed by atoms with Gasteiger partial charge in [-0.25, -0.2) is 5.12 Å². The van der Waals surface area contributed by atoms with Crippen molar-refractivity contribution >= 4 is 0 Å². The summed E-state index contributed by atoms with van der Waals surface area (Å²) in [6, 6.07) is -0.491. The molecule has 3 heteroatoms. The summed E-state index contributed by atoms with van der Waals surface area (Å²) in [5.74, 6) is 0. The molecule has 0 aliphatic carbocycles. The molecule has 0 aromatic rings.